The van der Waals surface area contributed by atoms with Gasteiger partial charge in [-0.3, -0.25) is 4.79 Å². The average Bonchev–Trinajstić information content (AvgIpc) is 3.47. The molecule has 5 fully saturated rings. The number of fused-ring (bicyclic) bond motifs is 5. The minimum absolute atomic E-state index is 0.0395. The summed E-state index contributed by atoms with van der Waals surface area (Å²) in [6.45, 7) is 16.6. The Hall–Kier alpha value is -1.55. The molecule has 5 saturated carbocycles. The highest BCUT2D eigenvalue weighted by atomic mass is 33.1. The van der Waals surface area contributed by atoms with Gasteiger partial charge in [0.15, 0.2) is 0 Å². The number of nitrogens with one attached hydrogen (secondary N) is 2. The summed E-state index contributed by atoms with van der Waals surface area (Å²) < 4.78 is 0. The molecule has 8 nitrogen and oxygen atoms in total. The number of amides is 3. The summed E-state index contributed by atoms with van der Waals surface area (Å²) >= 11 is 0. The Morgan fingerprint density at radius 1 is 0.875 bits per heavy atom. The lowest BCUT2D eigenvalue weighted by atomic mass is 9.47. The first kappa shape index (κ1) is 44.0. The van der Waals surface area contributed by atoms with E-state index in [1.165, 1.54) is 70.6 Å². The van der Waals surface area contributed by atoms with Crippen molar-refractivity contribution in [2.75, 3.05) is 18.8 Å². The molecule has 3 amide bonds. The molecule has 6 aliphatic carbocycles. The molecule has 0 bridgehead atoms. The molecule has 0 radical (unpaired) electrons. The first-order valence-corrected chi connectivity index (χ1v) is 25.3. The molecule has 0 aromatic rings. The topological polar surface area (TPSA) is 119 Å². The van der Waals surface area contributed by atoms with E-state index in [0.29, 0.717) is 34.3 Å². The van der Waals surface area contributed by atoms with Gasteiger partial charge in [0.05, 0.1) is 0 Å². The van der Waals surface area contributed by atoms with Gasteiger partial charge in [-0.2, -0.15) is 0 Å². The fraction of sp³-hybridized carbons (Fsp3) is 0.891. The number of allylic oxidation sites excluding steroid dienone is 2. The molecule has 0 heterocycles. The highest BCUT2D eigenvalue weighted by molar-refractivity contribution is 8.76. The van der Waals surface area contributed by atoms with E-state index >= 15 is 0 Å². The molecule has 9 atom stereocenters. The maximum Gasteiger partial charge on any atom is 0.404 e. The van der Waals surface area contributed by atoms with Gasteiger partial charge in [-0.05, 0) is 160 Å². The summed E-state index contributed by atoms with van der Waals surface area (Å²) in [5.74, 6) is 8.00. The second-order valence-electron chi connectivity index (χ2n) is 20.4. The number of carboxylic acid groups (broad SMARTS) is 2. The van der Waals surface area contributed by atoms with E-state index in [0.717, 1.165) is 98.8 Å². The van der Waals surface area contributed by atoms with Crippen molar-refractivity contribution in [2.24, 2.45) is 64.1 Å². The number of nitrogens with zero attached hydrogens (tertiary/aromatic N) is 1. The standard InChI is InChI=1S/C46H77N3O5S2/c1-7-33(29(2)3)9-8-30(4)39-12-13-40-38-11-10-34-28-37(14-19-45(34,5)41(38)15-20-46(39,40)6)56-55-23-18-42(50)49(21-16-31-24-35(25-31)47-43(51)52)22-17-32-26-36(27-32)48-44(53)54/h10,29-33,35-41,47-48H,7-9,11-28H2,1-6H3,(H,51,52)(H,53,54)/t30?,31?,32?,33?,35?,36?,37-,38-,39+,40-,41-,45-,46+/m0/s1. The molecule has 0 spiro atoms. The third-order valence-corrected chi connectivity index (χ3v) is 19.9. The molecular weight excluding hydrogens is 739 g/mol. The molecule has 318 valence electrons. The van der Waals surface area contributed by atoms with E-state index < -0.39 is 12.2 Å². The van der Waals surface area contributed by atoms with Crippen LogP contribution in [0.4, 0.5) is 9.59 Å². The van der Waals surface area contributed by atoms with Crippen molar-refractivity contribution in [1.29, 1.82) is 0 Å². The van der Waals surface area contributed by atoms with Crippen LogP contribution in [0.15, 0.2) is 11.6 Å². The number of rotatable bonds is 19. The third-order valence-electron chi connectivity index (χ3n) is 17.0. The highest BCUT2D eigenvalue weighted by Gasteiger charge is 2.59. The lowest BCUT2D eigenvalue weighted by Crippen LogP contribution is -2.50. The molecular formula is C46H77N3O5S2. The van der Waals surface area contributed by atoms with Gasteiger partial charge in [0, 0.05) is 42.6 Å². The van der Waals surface area contributed by atoms with Crippen LogP contribution in [0.3, 0.4) is 0 Å². The average molecular weight is 816 g/mol. The second-order valence-corrected chi connectivity index (χ2v) is 23.2. The van der Waals surface area contributed by atoms with E-state index in [9.17, 15) is 14.4 Å². The number of carbonyl (C=O) groups is 3. The van der Waals surface area contributed by atoms with Crippen LogP contribution in [0.2, 0.25) is 0 Å². The Labute approximate surface area is 347 Å². The number of carbonyl (C=O) groups excluding carboxylic acids is 1. The molecule has 4 N–H and O–H groups in total. The van der Waals surface area contributed by atoms with Gasteiger partial charge < -0.3 is 25.7 Å². The predicted molar refractivity (Wildman–Crippen MR) is 232 cm³/mol. The lowest BCUT2D eigenvalue weighted by molar-refractivity contribution is -0.131. The molecule has 6 rings (SSSR count). The van der Waals surface area contributed by atoms with E-state index in [1.807, 2.05) is 26.5 Å². The molecule has 0 saturated heterocycles. The summed E-state index contributed by atoms with van der Waals surface area (Å²) in [5, 5.41) is 23.8. The van der Waals surface area contributed by atoms with Crippen LogP contribution < -0.4 is 10.6 Å². The molecule has 0 aliphatic heterocycles. The summed E-state index contributed by atoms with van der Waals surface area (Å²) in [7, 11) is 3.93. The van der Waals surface area contributed by atoms with Crippen molar-refractivity contribution in [3.63, 3.8) is 0 Å². The largest absolute Gasteiger partial charge is 0.465 e. The zero-order valence-electron chi connectivity index (χ0n) is 35.7. The minimum atomic E-state index is -0.959. The molecule has 56 heavy (non-hydrogen) atoms. The summed E-state index contributed by atoms with van der Waals surface area (Å²) in [6.07, 6.45) is 21.6. The van der Waals surface area contributed by atoms with Crippen LogP contribution in [-0.4, -0.2) is 69.4 Å². The van der Waals surface area contributed by atoms with Crippen molar-refractivity contribution < 1.29 is 24.6 Å². The van der Waals surface area contributed by atoms with Gasteiger partial charge in [-0.15, -0.1) is 0 Å². The van der Waals surface area contributed by atoms with Crippen LogP contribution in [0.1, 0.15) is 157 Å². The molecule has 10 heteroatoms. The van der Waals surface area contributed by atoms with Crippen molar-refractivity contribution in [2.45, 2.75) is 174 Å². The summed E-state index contributed by atoms with van der Waals surface area (Å²) in [6, 6.07) is 0.0791. The predicted octanol–water partition coefficient (Wildman–Crippen LogP) is 11.5. The van der Waals surface area contributed by atoms with Gasteiger partial charge in [0.1, 0.15) is 0 Å². The van der Waals surface area contributed by atoms with Gasteiger partial charge >= 0.3 is 12.2 Å². The highest BCUT2D eigenvalue weighted by Crippen LogP contribution is 2.68. The Kier molecular flexibility index (Phi) is 15.1. The number of hydrogen-bond donors (Lipinski definition) is 4. The van der Waals surface area contributed by atoms with E-state index in [2.05, 4.69) is 58.3 Å². The normalized spacial score (nSPS) is 37.1. The Balaban J connectivity index is 0.953. The molecule has 6 aliphatic rings. The first-order valence-electron chi connectivity index (χ1n) is 22.9. The van der Waals surface area contributed by atoms with Crippen LogP contribution in [-0.2, 0) is 4.79 Å². The smallest absolute Gasteiger partial charge is 0.404 e. The summed E-state index contributed by atoms with van der Waals surface area (Å²) in [4.78, 5) is 37.6. The summed E-state index contributed by atoms with van der Waals surface area (Å²) in [5.41, 5.74) is 2.65. The maximum atomic E-state index is 13.6. The monoisotopic (exact) mass is 816 g/mol. The molecule has 0 aromatic heterocycles. The SMILES string of the molecule is CCC(CCC(C)[C@H]1CC[C@H]2[C@@H]3CC=C4C[C@@H](SSCCC(=O)N(CCC5CC(NC(=O)O)C5)CCC5CC(NC(=O)O)C5)CC[C@]4(C)[C@H]3CC[C@]12C)C(C)C. The van der Waals surface area contributed by atoms with E-state index in [1.54, 1.807) is 5.57 Å². The fourth-order valence-electron chi connectivity index (χ4n) is 13.4. The van der Waals surface area contributed by atoms with Gasteiger partial charge in [0.2, 0.25) is 5.91 Å². The Bertz CT molecular complexity index is 1350. The van der Waals surface area contributed by atoms with Gasteiger partial charge in [-0.25, -0.2) is 9.59 Å². The number of hydrogen-bond acceptors (Lipinski definition) is 5. The van der Waals surface area contributed by atoms with Crippen LogP contribution in [0.5, 0.6) is 0 Å². The minimum Gasteiger partial charge on any atom is -0.465 e. The molecule has 2 unspecified atom stereocenters. The van der Waals surface area contributed by atoms with Gasteiger partial charge in [-0.1, -0.05) is 87.6 Å². The van der Waals surface area contributed by atoms with Crippen LogP contribution in [0.25, 0.3) is 0 Å². The molecule has 0 aromatic carbocycles. The van der Waals surface area contributed by atoms with E-state index in [-0.39, 0.29) is 18.0 Å². The third kappa shape index (κ3) is 10.2. The Morgan fingerprint density at radius 2 is 1.52 bits per heavy atom. The maximum absolute atomic E-state index is 13.6. The van der Waals surface area contributed by atoms with Crippen molar-refractivity contribution >= 4 is 39.7 Å². The van der Waals surface area contributed by atoms with E-state index in [4.69, 9.17) is 10.2 Å². The van der Waals surface area contributed by atoms with Crippen LogP contribution >= 0.6 is 21.6 Å². The van der Waals surface area contributed by atoms with Crippen molar-refractivity contribution in [3.05, 3.63) is 11.6 Å². The second kappa shape index (κ2) is 19.2. The Morgan fingerprint density at radius 3 is 2.11 bits per heavy atom. The zero-order chi connectivity index (χ0) is 40.2. The lowest BCUT2D eigenvalue weighted by Gasteiger charge is -2.58. The van der Waals surface area contributed by atoms with Crippen molar-refractivity contribution in [1.82, 2.24) is 15.5 Å². The zero-order valence-corrected chi connectivity index (χ0v) is 37.4. The first-order chi connectivity index (χ1) is 26.7. The van der Waals surface area contributed by atoms with Gasteiger partial charge in [0.25, 0.3) is 0 Å². The quantitative estimate of drug-likeness (QED) is 0.0582. The van der Waals surface area contributed by atoms with Crippen molar-refractivity contribution in [3.8, 4) is 0 Å². The van der Waals surface area contributed by atoms with Crippen LogP contribution in [0, 0.1) is 64.1 Å². The fourth-order valence-corrected chi connectivity index (χ4v) is 16.0.